The number of aryl methyl sites for hydroxylation is 1. The predicted octanol–water partition coefficient (Wildman–Crippen LogP) is 2.58. The normalized spacial score (nSPS) is 24.9. The van der Waals surface area contributed by atoms with Crippen LogP contribution in [0.15, 0.2) is 23.1 Å². The first-order chi connectivity index (χ1) is 10.8. The van der Waals surface area contributed by atoms with Crippen LogP contribution in [0.2, 0.25) is 0 Å². The minimum atomic E-state index is -3.34. The molecule has 23 heavy (non-hydrogen) atoms. The number of hydrogen-bond donors (Lipinski definition) is 1. The molecule has 1 fully saturated rings. The van der Waals surface area contributed by atoms with E-state index in [9.17, 15) is 8.42 Å². The summed E-state index contributed by atoms with van der Waals surface area (Å²) in [4.78, 5) is 0.336. The molecule has 0 radical (unpaired) electrons. The molecule has 0 atom stereocenters. The Morgan fingerprint density at radius 1 is 1.39 bits per heavy atom. The van der Waals surface area contributed by atoms with Crippen molar-refractivity contribution >= 4 is 9.84 Å². The maximum absolute atomic E-state index is 12.6. The molecule has 6 heteroatoms. The van der Waals surface area contributed by atoms with Gasteiger partial charge in [-0.05, 0) is 69.2 Å². The van der Waals surface area contributed by atoms with Crippen LogP contribution in [0.3, 0.4) is 0 Å². The average molecular weight is 336 g/mol. The van der Waals surface area contributed by atoms with Crippen LogP contribution in [-0.4, -0.2) is 26.3 Å². The largest absolute Gasteiger partial charge is 0.494 e. The Hall–Kier alpha value is -1.58. The zero-order valence-corrected chi connectivity index (χ0v) is 14.5. The molecule has 5 nitrogen and oxygen atoms in total. The van der Waals surface area contributed by atoms with Gasteiger partial charge in [0.1, 0.15) is 11.3 Å². The number of nitriles is 1. The second-order valence-corrected chi connectivity index (χ2v) is 8.39. The van der Waals surface area contributed by atoms with Gasteiger partial charge in [0.2, 0.25) is 0 Å². The molecule has 0 heterocycles. The van der Waals surface area contributed by atoms with Crippen molar-refractivity contribution in [2.45, 2.75) is 50.0 Å². The van der Waals surface area contributed by atoms with Gasteiger partial charge >= 0.3 is 0 Å². The van der Waals surface area contributed by atoms with E-state index in [0.717, 1.165) is 5.56 Å². The fraction of sp³-hybridized carbons (Fsp3) is 0.588. The van der Waals surface area contributed by atoms with E-state index in [4.69, 9.17) is 15.7 Å². The molecule has 2 N–H and O–H groups in total. The van der Waals surface area contributed by atoms with E-state index in [1.54, 1.807) is 18.2 Å². The summed E-state index contributed by atoms with van der Waals surface area (Å²) < 4.78 is 30.7. The maximum atomic E-state index is 12.6. The minimum Gasteiger partial charge on any atom is -0.494 e. The molecule has 2 rings (SSSR count). The van der Waals surface area contributed by atoms with Crippen LogP contribution in [0.5, 0.6) is 5.75 Å². The highest BCUT2D eigenvalue weighted by atomic mass is 32.2. The zero-order valence-electron chi connectivity index (χ0n) is 13.7. The number of sulfone groups is 1. The van der Waals surface area contributed by atoms with E-state index in [1.165, 1.54) is 0 Å². The van der Waals surface area contributed by atoms with Crippen molar-refractivity contribution in [3.8, 4) is 11.8 Å². The van der Waals surface area contributed by atoms with Gasteiger partial charge < -0.3 is 10.5 Å². The molecule has 0 bridgehead atoms. The van der Waals surface area contributed by atoms with Crippen molar-refractivity contribution in [1.82, 2.24) is 0 Å². The molecular weight excluding hydrogens is 312 g/mol. The Kier molecular flexibility index (Phi) is 5.33. The van der Waals surface area contributed by atoms with E-state index in [1.807, 2.05) is 13.8 Å². The Labute approximate surface area is 138 Å². The van der Waals surface area contributed by atoms with Crippen molar-refractivity contribution in [2.75, 3.05) is 12.4 Å². The number of nitrogens with zero attached hydrogens (tertiary/aromatic N) is 1. The lowest BCUT2D eigenvalue weighted by Gasteiger charge is -2.31. The van der Waals surface area contributed by atoms with E-state index < -0.39 is 15.4 Å². The molecule has 0 unspecified atom stereocenters. The van der Waals surface area contributed by atoms with Gasteiger partial charge in [0.15, 0.2) is 9.84 Å². The molecule has 0 aliphatic heterocycles. The highest BCUT2D eigenvalue weighted by Crippen LogP contribution is 2.32. The lowest BCUT2D eigenvalue weighted by molar-refractivity contribution is 0.298. The van der Waals surface area contributed by atoms with Crippen LogP contribution < -0.4 is 10.5 Å². The van der Waals surface area contributed by atoms with Gasteiger partial charge in [0.05, 0.1) is 23.3 Å². The Morgan fingerprint density at radius 2 is 2.04 bits per heavy atom. The molecule has 0 saturated heterocycles. The Balaban J connectivity index is 2.08. The topological polar surface area (TPSA) is 93.2 Å². The average Bonchev–Trinajstić information content (AvgIpc) is 2.52. The lowest BCUT2D eigenvalue weighted by atomic mass is 9.79. The van der Waals surface area contributed by atoms with Crippen LogP contribution >= 0.6 is 0 Å². The standard InChI is InChI=1S/C17H24N2O3S/c1-3-22-16-5-4-15(10-13(16)2)23(20,21)11-14-6-8-17(19,12-18)9-7-14/h4-5,10,14H,3,6-9,11,19H2,1-2H3. The molecule has 1 aliphatic rings. The molecule has 0 spiro atoms. The van der Waals surface area contributed by atoms with Crippen LogP contribution in [0.25, 0.3) is 0 Å². The van der Waals surface area contributed by atoms with Gasteiger partial charge in [-0.1, -0.05) is 0 Å². The molecule has 0 amide bonds. The first-order valence-corrected chi connectivity index (χ1v) is 9.61. The first-order valence-electron chi connectivity index (χ1n) is 7.96. The summed E-state index contributed by atoms with van der Waals surface area (Å²) in [5.74, 6) is 0.894. The Bertz CT molecular complexity index is 699. The third-order valence-electron chi connectivity index (χ3n) is 4.48. The number of hydrogen-bond acceptors (Lipinski definition) is 5. The van der Waals surface area contributed by atoms with Crippen LogP contribution in [0.1, 0.15) is 38.2 Å². The summed E-state index contributed by atoms with van der Waals surface area (Å²) in [5, 5.41) is 9.04. The fourth-order valence-electron chi connectivity index (χ4n) is 3.01. The highest BCUT2D eigenvalue weighted by Gasteiger charge is 2.33. The molecule has 1 aliphatic carbocycles. The monoisotopic (exact) mass is 336 g/mol. The summed E-state index contributed by atoms with van der Waals surface area (Å²) in [6.07, 6.45) is 2.48. The van der Waals surface area contributed by atoms with Gasteiger partial charge in [-0.25, -0.2) is 8.42 Å². The summed E-state index contributed by atoms with van der Waals surface area (Å²) in [6, 6.07) is 7.13. The molecule has 126 valence electrons. The lowest BCUT2D eigenvalue weighted by Crippen LogP contribution is -2.42. The zero-order chi connectivity index (χ0) is 17.1. The van der Waals surface area contributed by atoms with Crippen LogP contribution in [-0.2, 0) is 9.84 Å². The third kappa shape index (κ3) is 4.24. The summed E-state index contributed by atoms with van der Waals surface area (Å²) in [7, 11) is -3.34. The smallest absolute Gasteiger partial charge is 0.178 e. The number of ether oxygens (including phenoxy) is 1. The highest BCUT2D eigenvalue weighted by molar-refractivity contribution is 7.91. The van der Waals surface area contributed by atoms with Gasteiger partial charge in [-0.15, -0.1) is 0 Å². The summed E-state index contributed by atoms with van der Waals surface area (Å²) in [6.45, 7) is 4.29. The minimum absolute atomic E-state index is 0.0666. The number of rotatable bonds is 5. The van der Waals surface area contributed by atoms with Crippen LogP contribution in [0, 0.1) is 24.2 Å². The summed E-state index contributed by atoms with van der Waals surface area (Å²) in [5.41, 5.74) is 5.98. The number of nitrogens with two attached hydrogens (primary N) is 1. The molecule has 0 aromatic heterocycles. The van der Waals surface area contributed by atoms with Crippen molar-refractivity contribution in [3.05, 3.63) is 23.8 Å². The van der Waals surface area contributed by atoms with E-state index in [0.29, 0.717) is 42.9 Å². The second kappa shape index (κ2) is 6.90. The van der Waals surface area contributed by atoms with Crippen molar-refractivity contribution < 1.29 is 13.2 Å². The van der Waals surface area contributed by atoms with Crippen LogP contribution in [0.4, 0.5) is 0 Å². The van der Waals surface area contributed by atoms with E-state index >= 15 is 0 Å². The SMILES string of the molecule is CCOc1ccc(S(=O)(=O)CC2CCC(N)(C#N)CC2)cc1C. The maximum Gasteiger partial charge on any atom is 0.178 e. The quantitative estimate of drug-likeness (QED) is 0.892. The van der Waals surface area contributed by atoms with Crippen molar-refractivity contribution in [3.63, 3.8) is 0 Å². The fourth-order valence-corrected chi connectivity index (χ4v) is 4.79. The van der Waals surface area contributed by atoms with E-state index in [-0.39, 0.29) is 11.7 Å². The Morgan fingerprint density at radius 3 is 2.57 bits per heavy atom. The van der Waals surface area contributed by atoms with Crippen molar-refractivity contribution in [2.24, 2.45) is 11.7 Å². The molecular formula is C17H24N2O3S. The first kappa shape index (κ1) is 17.8. The van der Waals surface area contributed by atoms with Crippen molar-refractivity contribution in [1.29, 1.82) is 5.26 Å². The predicted molar refractivity (Wildman–Crippen MR) is 88.9 cm³/mol. The van der Waals surface area contributed by atoms with Gasteiger partial charge in [-0.3, -0.25) is 0 Å². The third-order valence-corrected chi connectivity index (χ3v) is 6.36. The van der Waals surface area contributed by atoms with Gasteiger partial charge in [-0.2, -0.15) is 5.26 Å². The second-order valence-electron chi connectivity index (χ2n) is 6.35. The number of benzene rings is 1. The molecule has 1 aromatic rings. The summed E-state index contributed by atoms with van der Waals surface area (Å²) >= 11 is 0. The molecule has 1 saturated carbocycles. The van der Waals surface area contributed by atoms with Gasteiger partial charge in [0.25, 0.3) is 0 Å². The van der Waals surface area contributed by atoms with E-state index in [2.05, 4.69) is 6.07 Å². The van der Waals surface area contributed by atoms with Gasteiger partial charge in [0, 0.05) is 0 Å². The molecule has 1 aromatic carbocycles.